The monoisotopic (exact) mass is 270 g/mol. The molecule has 2 rings (SSSR count). The highest BCUT2D eigenvalue weighted by Crippen LogP contribution is 2.35. The number of carbonyl (C=O) groups is 2. The maximum atomic E-state index is 12.2. The fraction of sp³-hybridized carbons (Fsp3) is 0.444. The van der Waals surface area contributed by atoms with E-state index in [0.717, 1.165) is 5.56 Å². The van der Waals surface area contributed by atoms with Crippen LogP contribution in [0.5, 0.6) is 0 Å². The Morgan fingerprint density at radius 1 is 0.800 bits per heavy atom. The van der Waals surface area contributed by atoms with E-state index in [2.05, 4.69) is 20.8 Å². The summed E-state index contributed by atoms with van der Waals surface area (Å²) in [6.07, 6.45) is 1.88. The van der Waals surface area contributed by atoms with Crippen molar-refractivity contribution in [3.63, 3.8) is 0 Å². The Morgan fingerprint density at radius 3 is 1.90 bits per heavy atom. The van der Waals surface area contributed by atoms with Crippen molar-refractivity contribution in [1.29, 1.82) is 0 Å². The van der Waals surface area contributed by atoms with Gasteiger partial charge in [-0.15, -0.1) is 0 Å². The second kappa shape index (κ2) is 4.41. The third-order valence-electron chi connectivity index (χ3n) is 3.72. The molecule has 0 unspecified atom stereocenters. The second-order valence-electron chi connectivity index (χ2n) is 7.52. The van der Waals surface area contributed by atoms with Gasteiger partial charge in [-0.1, -0.05) is 59.7 Å². The van der Waals surface area contributed by atoms with E-state index < -0.39 is 0 Å². The minimum Gasteiger partial charge on any atom is -0.285 e. The molecular formula is C18H22O2. The number of rotatable bonds is 0. The number of ketones is 2. The van der Waals surface area contributed by atoms with Crippen LogP contribution in [0.4, 0.5) is 0 Å². The van der Waals surface area contributed by atoms with Gasteiger partial charge in [0.25, 0.3) is 0 Å². The third-order valence-corrected chi connectivity index (χ3v) is 3.72. The third kappa shape index (κ3) is 2.47. The van der Waals surface area contributed by atoms with E-state index in [1.165, 1.54) is 5.56 Å². The second-order valence-corrected chi connectivity index (χ2v) is 7.52. The van der Waals surface area contributed by atoms with Crippen LogP contribution in [0.15, 0.2) is 23.8 Å². The van der Waals surface area contributed by atoms with Crippen LogP contribution in [0.2, 0.25) is 0 Å². The van der Waals surface area contributed by atoms with Gasteiger partial charge < -0.3 is 0 Å². The zero-order valence-electron chi connectivity index (χ0n) is 13.1. The van der Waals surface area contributed by atoms with Crippen LogP contribution < -0.4 is 0 Å². The van der Waals surface area contributed by atoms with Crippen LogP contribution in [-0.4, -0.2) is 11.6 Å². The van der Waals surface area contributed by atoms with Crippen LogP contribution in [0.1, 0.15) is 63.0 Å². The molecule has 0 heterocycles. The number of allylic oxidation sites excluding steroid dienone is 1. The summed E-state index contributed by atoms with van der Waals surface area (Å²) in [4.78, 5) is 24.4. The summed E-state index contributed by atoms with van der Waals surface area (Å²) in [7, 11) is 0. The lowest BCUT2D eigenvalue weighted by molar-refractivity contribution is -0.112. The standard InChI is InChI=1S/C18H22O2/c1-17(2,3)12-7-8-13-11(9-12)10-14(18(4,5)6)16(20)15(13)19/h7-10H,1-6H3. The van der Waals surface area contributed by atoms with Crippen LogP contribution in [0, 0.1) is 5.41 Å². The molecule has 2 heteroatoms. The van der Waals surface area contributed by atoms with Crippen molar-refractivity contribution in [2.45, 2.75) is 47.0 Å². The molecule has 20 heavy (non-hydrogen) atoms. The number of carbonyl (C=O) groups excluding carboxylic acids is 2. The first kappa shape index (κ1) is 14.7. The molecule has 2 nitrogen and oxygen atoms in total. The summed E-state index contributed by atoms with van der Waals surface area (Å²) in [6.45, 7) is 12.3. The van der Waals surface area contributed by atoms with Gasteiger partial charge in [0.1, 0.15) is 0 Å². The molecule has 0 N–H and O–H groups in total. The first-order chi connectivity index (χ1) is 9.01. The van der Waals surface area contributed by atoms with E-state index in [4.69, 9.17) is 0 Å². The molecule has 1 aromatic carbocycles. The van der Waals surface area contributed by atoms with E-state index in [1.807, 2.05) is 39.0 Å². The zero-order valence-corrected chi connectivity index (χ0v) is 13.1. The highest BCUT2D eigenvalue weighted by Gasteiger charge is 2.34. The lowest BCUT2D eigenvalue weighted by Gasteiger charge is -2.26. The summed E-state index contributed by atoms with van der Waals surface area (Å²) in [5, 5.41) is 0. The number of hydrogen-bond acceptors (Lipinski definition) is 2. The van der Waals surface area contributed by atoms with Crippen molar-refractivity contribution in [3.05, 3.63) is 40.5 Å². The Morgan fingerprint density at radius 2 is 1.40 bits per heavy atom. The molecule has 0 aliphatic heterocycles. The molecule has 0 radical (unpaired) electrons. The van der Waals surface area contributed by atoms with Crippen molar-refractivity contribution >= 4 is 17.6 Å². The maximum Gasteiger partial charge on any atom is 0.233 e. The molecule has 0 atom stereocenters. The molecule has 0 aromatic heterocycles. The molecular weight excluding hydrogens is 248 g/mol. The molecule has 0 saturated heterocycles. The maximum absolute atomic E-state index is 12.2. The Labute approximate surface area is 120 Å². The predicted octanol–water partition coefficient (Wildman–Crippen LogP) is 4.18. The number of benzene rings is 1. The van der Waals surface area contributed by atoms with Crippen molar-refractivity contribution in [3.8, 4) is 0 Å². The Bertz CT molecular complexity index is 620. The fourth-order valence-corrected chi connectivity index (χ4v) is 2.38. The Kier molecular flexibility index (Phi) is 3.24. The van der Waals surface area contributed by atoms with Gasteiger partial charge in [-0.2, -0.15) is 0 Å². The van der Waals surface area contributed by atoms with Gasteiger partial charge in [0.2, 0.25) is 11.6 Å². The summed E-state index contributed by atoms with van der Waals surface area (Å²) < 4.78 is 0. The molecule has 0 bridgehead atoms. The highest BCUT2D eigenvalue weighted by atomic mass is 16.2. The van der Waals surface area contributed by atoms with Gasteiger partial charge in [-0.3, -0.25) is 9.59 Å². The van der Waals surface area contributed by atoms with Gasteiger partial charge in [-0.25, -0.2) is 0 Å². The molecule has 0 saturated carbocycles. The topological polar surface area (TPSA) is 34.1 Å². The summed E-state index contributed by atoms with van der Waals surface area (Å²) in [5.74, 6) is -0.749. The van der Waals surface area contributed by atoms with Crippen molar-refractivity contribution < 1.29 is 9.59 Å². The van der Waals surface area contributed by atoms with Crippen LogP contribution in [-0.2, 0) is 10.2 Å². The lowest BCUT2D eigenvalue weighted by atomic mass is 9.76. The van der Waals surface area contributed by atoms with Crippen molar-refractivity contribution in [2.75, 3.05) is 0 Å². The normalized spacial score (nSPS) is 16.0. The van der Waals surface area contributed by atoms with Gasteiger partial charge >= 0.3 is 0 Å². The van der Waals surface area contributed by atoms with Crippen LogP contribution in [0.3, 0.4) is 0 Å². The van der Waals surface area contributed by atoms with E-state index >= 15 is 0 Å². The highest BCUT2D eigenvalue weighted by molar-refractivity contribution is 6.52. The van der Waals surface area contributed by atoms with Gasteiger partial charge in [0.15, 0.2) is 0 Å². The summed E-state index contributed by atoms with van der Waals surface area (Å²) >= 11 is 0. The first-order valence-electron chi connectivity index (χ1n) is 6.97. The molecule has 1 aliphatic carbocycles. The van der Waals surface area contributed by atoms with Gasteiger partial charge in [-0.05, 0) is 28.0 Å². The molecule has 0 spiro atoms. The Hall–Kier alpha value is -1.70. The smallest absolute Gasteiger partial charge is 0.233 e. The van der Waals surface area contributed by atoms with Crippen molar-refractivity contribution in [2.24, 2.45) is 5.41 Å². The Balaban J connectivity index is 2.65. The van der Waals surface area contributed by atoms with E-state index in [9.17, 15) is 9.59 Å². The summed E-state index contributed by atoms with van der Waals surface area (Å²) in [6, 6.07) is 5.76. The number of Topliss-reactive ketones (excluding diaryl/α,β-unsaturated/α-hetero) is 2. The van der Waals surface area contributed by atoms with E-state index in [1.54, 1.807) is 6.07 Å². The van der Waals surface area contributed by atoms with E-state index in [-0.39, 0.29) is 22.4 Å². The largest absolute Gasteiger partial charge is 0.285 e. The number of hydrogen-bond donors (Lipinski definition) is 0. The molecule has 1 aliphatic rings. The fourth-order valence-electron chi connectivity index (χ4n) is 2.38. The lowest BCUT2D eigenvalue weighted by Crippen LogP contribution is -2.28. The van der Waals surface area contributed by atoms with Gasteiger partial charge in [0.05, 0.1) is 0 Å². The SMILES string of the molecule is CC(C)(C)C1=Cc2cc(C(C)(C)C)ccc2C(=O)C1=O. The molecule has 1 aromatic rings. The average Bonchev–Trinajstić information content (AvgIpc) is 2.30. The minimum absolute atomic E-state index is 0.0231. The zero-order chi connectivity index (χ0) is 15.3. The molecule has 0 amide bonds. The van der Waals surface area contributed by atoms with Crippen molar-refractivity contribution in [1.82, 2.24) is 0 Å². The molecule has 0 fully saturated rings. The van der Waals surface area contributed by atoms with Crippen LogP contribution in [0.25, 0.3) is 6.08 Å². The predicted molar refractivity (Wildman–Crippen MR) is 81.9 cm³/mol. The first-order valence-corrected chi connectivity index (χ1v) is 6.97. The minimum atomic E-state index is -0.382. The van der Waals surface area contributed by atoms with E-state index in [0.29, 0.717) is 11.1 Å². The molecule has 106 valence electrons. The summed E-state index contributed by atoms with van der Waals surface area (Å²) in [5.41, 5.74) is 2.86. The van der Waals surface area contributed by atoms with Crippen LogP contribution >= 0.6 is 0 Å². The van der Waals surface area contributed by atoms with Gasteiger partial charge in [0, 0.05) is 11.1 Å². The average molecular weight is 270 g/mol. The quantitative estimate of drug-likeness (QED) is 0.663. The number of fused-ring (bicyclic) bond motifs is 1.